The number of rotatable bonds is 5. The van der Waals surface area contributed by atoms with Crippen molar-refractivity contribution in [3.63, 3.8) is 0 Å². The van der Waals surface area contributed by atoms with Gasteiger partial charge < -0.3 is 10.1 Å². The molecular formula is C11H22N2O2. The molecule has 0 spiro atoms. The molecule has 1 aliphatic rings. The maximum atomic E-state index is 11.1. The van der Waals surface area contributed by atoms with Crippen LogP contribution in [0.1, 0.15) is 26.7 Å². The van der Waals surface area contributed by atoms with Gasteiger partial charge in [-0.15, -0.1) is 0 Å². The van der Waals surface area contributed by atoms with E-state index in [9.17, 15) is 4.79 Å². The van der Waals surface area contributed by atoms with Crippen LogP contribution in [0.4, 0.5) is 0 Å². The molecule has 4 nitrogen and oxygen atoms in total. The van der Waals surface area contributed by atoms with Gasteiger partial charge in [0, 0.05) is 32.1 Å². The van der Waals surface area contributed by atoms with Crippen LogP contribution < -0.4 is 5.32 Å². The Labute approximate surface area is 92.0 Å². The number of carbonyl (C=O) groups is 1. The zero-order valence-electron chi connectivity index (χ0n) is 9.79. The molecule has 4 heteroatoms. The van der Waals surface area contributed by atoms with Crippen LogP contribution in [0.3, 0.4) is 0 Å². The van der Waals surface area contributed by atoms with Crippen molar-refractivity contribution in [1.29, 1.82) is 0 Å². The molecular weight excluding hydrogens is 192 g/mol. The molecule has 88 valence electrons. The first-order valence-electron chi connectivity index (χ1n) is 5.84. The lowest BCUT2D eigenvalue weighted by Gasteiger charge is -2.33. The number of piperazine rings is 1. The average molecular weight is 214 g/mol. The van der Waals surface area contributed by atoms with Gasteiger partial charge in [-0.25, -0.2) is 0 Å². The van der Waals surface area contributed by atoms with Crippen LogP contribution in [0.25, 0.3) is 0 Å². The smallest absolute Gasteiger partial charge is 0.305 e. The van der Waals surface area contributed by atoms with Crippen LogP contribution >= 0.6 is 0 Å². The van der Waals surface area contributed by atoms with Gasteiger partial charge in [0.25, 0.3) is 0 Å². The van der Waals surface area contributed by atoms with E-state index in [1.165, 1.54) is 0 Å². The van der Waals surface area contributed by atoms with E-state index >= 15 is 0 Å². The van der Waals surface area contributed by atoms with Crippen molar-refractivity contribution in [1.82, 2.24) is 10.2 Å². The second-order valence-electron chi connectivity index (χ2n) is 4.00. The molecule has 0 aromatic heterocycles. The largest absolute Gasteiger partial charge is 0.466 e. The summed E-state index contributed by atoms with van der Waals surface area (Å²) in [5, 5.41) is 3.35. The molecule has 0 aromatic rings. The Morgan fingerprint density at radius 3 is 3.07 bits per heavy atom. The van der Waals surface area contributed by atoms with Crippen LogP contribution in [0.15, 0.2) is 0 Å². The molecule has 0 radical (unpaired) electrons. The van der Waals surface area contributed by atoms with Gasteiger partial charge in [0.15, 0.2) is 0 Å². The molecule has 1 saturated heterocycles. The summed E-state index contributed by atoms with van der Waals surface area (Å²) in [7, 11) is 0. The minimum atomic E-state index is -0.0692. The third-order valence-corrected chi connectivity index (χ3v) is 2.77. The molecule has 1 aliphatic heterocycles. The Balaban J connectivity index is 2.10. The zero-order chi connectivity index (χ0) is 11.1. The van der Waals surface area contributed by atoms with Crippen molar-refractivity contribution >= 4 is 5.97 Å². The average Bonchev–Trinajstić information content (AvgIpc) is 2.21. The summed E-state index contributed by atoms with van der Waals surface area (Å²) in [4.78, 5) is 13.5. The van der Waals surface area contributed by atoms with Crippen LogP contribution in [-0.4, -0.2) is 49.7 Å². The minimum absolute atomic E-state index is 0.0692. The molecule has 15 heavy (non-hydrogen) atoms. The van der Waals surface area contributed by atoms with E-state index in [4.69, 9.17) is 4.74 Å². The molecule has 1 heterocycles. The van der Waals surface area contributed by atoms with E-state index < -0.39 is 0 Å². The van der Waals surface area contributed by atoms with Gasteiger partial charge in [-0.3, -0.25) is 9.69 Å². The molecule has 0 saturated carbocycles. The fraction of sp³-hybridized carbons (Fsp3) is 0.909. The SMILES string of the molecule is CCOC(=O)CCCN1CCNCC1C. The highest BCUT2D eigenvalue weighted by molar-refractivity contribution is 5.69. The summed E-state index contributed by atoms with van der Waals surface area (Å²) in [5.41, 5.74) is 0. The Hall–Kier alpha value is -0.610. The van der Waals surface area contributed by atoms with Crippen LogP contribution in [-0.2, 0) is 9.53 Å². The topological polar surface area (TPSA) is 41.6 Å². The number of nitrogens with zero attached hydrogens (tertiary/aromatic N) is 1. The summed E-state index contributed by atoms with van der Waals surface area (Å²) < 4.78 is 4.89. The van der Waals surface area contributed by atoms with Crippen molar-refractivity contribution < 1.29 is 9.53 Å². The standard InChI is InChI=1S/C11H22N2O2/c1-3-15-11(14)5-4-7-13-8-6-12-9-10(13)2/h10,12H,3-9H2,1-2H3. The lowest BCUT2D eigenvalue weighted by atomic mass is 10.2. The number of hydrogen-bond donors (Lipinski definition) is 1. The van der Waals surface area contributed by atoms with Crippen LogP contribution in [0.5, 0.6) is 0 Å². The third-order valence-electron chi connectivity index (χ3n) is 2.77. The highest BCUT2D eigenvalue weighted by Crippen LogP contribution is 2.04. The molecule has 1 N–H and O–H groups in total. The van der Waals surface area contributed by atoms with Gasteiger partial charge >= 0.3 is 5.97 Å². The quantitative estimate of drug-likeness (QED) is 0.681. The van der Waals surface area contributed by atoms with E-state index in [2.05, 4.69) is 17.1 Å². The maximum Gasteiger partial charge on any atom is 0.305 e. The summed E-state index contributed by atoms with van der Waals surface area (Å²) in [6, 6.07) is 0.584. The highest BCUT2D eigenvalue weighted by Gasteiger charge is 2.17. The fourth-order valence-electron chi connectivity index (χ4n) is 1.87. The molecule has 0 bridgehead atoms. The van der Waals surface area contributed by atoms with E-state index in [1.54, 1.807) is 0 Å². The van der Waals surface area contributed by atoms with E-state index in [-0.39, 0.29) is 5.97 Å². The second-order valence-corrected chi connectivity index (χ2v) is 4.00. The molecule has 1 fully saturated rings. The van der Waals surface area contributed by atoms with Crippen molar-refractivity contribution in [2.45, 2.75) is 32.7 Å². The fourth-order valence-corrected chi connectivity index (χ4v) is 1.87. The highest BCUT2D eigenvalue weighted by atomic mass is 16.5. The van der Waals surface area contributed by atoms with Gasteiger partial charge in [-0.1, -0.05) is 0 Å². The first-order valence-corrected chi connectivity index (χ1v) is 5.84. The number of hydrogen-bond acceptors (Lipinski definition) is 4. The van der Waals surface area contributed by atoms with Gasteiger partial charge in [0.2, 0.25) is 0 Å². The third kappa shape index (κ3) is 4.62. The molecule has 1 rings (SSSR count). The zero-order valence-corrected chi connectivity index (χ0v) is 9.79. The number of nitrogens with one attached hydrogen (secondary N) is 1. The first kappa shape index (κ1) is 12.5. The number of esters is 1. The molecule has 1 unspecified atom stereocenters. The van der Waals surface area contributed by atoms with Gasteiger partial charge in [-0.05, 0) is 26.8 Å². The minimum Gasteiger partial charge on any atom is -0.466 e. The van der Waals surface area contributed by atoms with Gasteiger partial charge in [0.1, 0.15) is 0 Å². The van der Waals surface area contributed by atoms with Crippen LogP contribution in [0.2, 0.25) is 0 Å². The molecule has 0 aliphatic carbocycles. The summed E-state index contributed by atoms with van der Waals surface area (Å²) >= 11 is 0. The predicted molar refractivity (Wildman–Crippen MR) is 59.8 cm³/mol. The molecule has 0 aromatic carbocycles. The van der Waals surface area contributed by atoms with E-state index in [0.717, 1.165) is 32.6 Å². The van der Waals surface area contributed by atoms with Crippen molar-refractivity contribution in [3.8, 4) is 0 Å². The van der Waals surface area contributed by atoms with Crippen LogP contribution in [0, 0.1) is 0 Å². The summed E-state index contributed by atoms with van der Waals surface area (Å²) in [6.45, 7) is 8.75. The van der Waals surface area contributed by atoms with Crippen molar-refractivity contribution in [2.24, 2.45) is 0 Å². The number of carbonyl (C=O) groups excluding carboxylic acids is 1. The van der Waals surface area contributed by atoms with Crippen molar-refractivity contribution in [2.75, 3.05) is 32.8 Å². The van der Waals surface area contributed by atoms with Gasteiger partial charge in [-0.2, -0.15) is 0 Å². The maximum absolute atomic E-state index is 11.1. The Bertz CT molecular complexity index is 197. The summed E-state index contributed by atoms with van der Waals surface area (Å²) in [6.07, 6.45) is 1.45. The lowest BCUT2D eigenvalue weighted by molar-refractivity contribution is -0.143. The predicted octanol–water partition coefficient (Wildman–Crippen LogP) is 0.623. The monoisotopic (exact) mass is 214 g/mol. The second kappa shape index (κ2) is 6.80. The molecule has 0 amide bonds. The normalized spacial score (nSPS) is 22.7. The Kier molecular flexibility index (Phi) is 5.65. The lowest BCUT2D eigenvalue weighted by Crippen LogP contribution is -2.49. The van der Waals surface area contributed by atoms with E-state index in [1.807, 2.05) is 6.92 Å². The molecule has 1 atom stereocenters. The van der Waals surface area contributed by atoms with E-state index in [0.29, 0.717) is 19.1 Å². The Morgan fingerprint density at radius 1 is 1.60 bits per heavy atom. The summed E-state index contributed by atoms with van der Waals surface area (Å²) in [5.74, 6) is -0.0692. The Morgan fingerprint density at radius 2 is 2.40 bits per heavy atom. The van der Waals surface area contributed by atoms with Crippen molar-refractivity contribution in [3.05, 3.63) is 0 Å². The first-order chi connectivity index (χ1) is 7.24. The number of ether oxygens (including phenoxy) is 1. The van der Waals surface area contributed by atoms with Gasteiger partial charge in [0.05, 0.1) is 6.61 Å².